The highest BCUT2D eigenvalue weighted by atomic mass is 32.1. The zero-order chi connectivity index (χ0) is 18.6. The normalized spacial score (nSPS) is 11.3. The molecular weight excluding hydrogens is 372 g/mol. The van der Waals surface area contributed by atoms with Crippen LogP contribution in [0.5, 0.6) is 0 Å². The van der Waals surface area contributed by atoms with Crippen molar-refractivity contribution < 1.29 is 4.79 Å². The number of nitrogens with zero attached hydrogens (tertiary/aromatic N) is 2. The lowest BCUT2D eigenvalue weighted by molar-refractivity contribution is -0.114. The third-order valence-corrected chi connectivity index (χ3v) is 6.03. The summed E-state index contributed by atoms with van der Waals surface area (Å²) in [6.07, 6.45) is 3.49. The molecule has 0 spiro atoms. The number of fused-ring (bicyclic) bond motifs is 1. The highest BCUT2D eigenvalue weighted by Crippen LogP contribution is 2.30. The number of carbonyl (C=O) groups is 1. The third-order valence-electron chi connectivity index (χ3n) is 4.15. The number of thiophene rings is 1. The molecule has 0 fully saturated rings. The molecule has 2 aromatic heterocycles. The lowest BCUT2D eigenvalue weighted by Crippen LogP contribution is -2.28. The second-order valence-electron chi connectivity index (χ2n) is 6.23. The van der Waals surface area contributed by atoms with Crippen LogP contribution in [0, 0.1) is 6.92 Å². The van der Waals surface area contributed by atoms with Gasteiger partial charge in [-0.3, -0.25) is 9.69 Å². The summed E-state index contributed by atoms with van der Waals surface area (Å²) in [7, 11) is 0. The van der Waals surface area contributed by atoms with Crippen molar-refractivity contribution in [2.45, 2.75) is 13.5 Å². The second kappa shape index (κ2) is 7.86. The van der Waals surface area contributed by atoms with Crippen LogP contribution < -0.4 is 4.90 Å². The van der Waals surface area contributed by atoms with Gasteiger partial charge in [-0.15, -0.1) is 11.3 Å². The van der Waals surface area contributed by atoms with E-state index in [9.17, 15) is 4.79 Å². The molecule has 0 unspecified atom stereocenters. The smallest absolute Gasteiger partial charge is 0.253 e. The Hall–Kier alpha value is -2.76. The van der Waals surface area contributed by atoms with Crippen molar-refractivity contribution in [3.8, 4) is 0 Å². The van der Waals surface area contributed by atoms with Crippen LogP contribution in [0.25, 0.3) is 16.3 Å². The molecule has 2 aromatic carbocycles. The van der Waals surface area contributed by atoms with E-state index in [4.69, 9.17) is 4.98 Å². The van der Waals surface area contributed by atoms with E-state index in [0.717, 1.165) is 25.8 Å². The van der Waals surface area contributed by atoms with Crippen LogP contribution in [0.3, 0.4) is 0 Å². The number of carbonyl (C=O) groups excluding carboxylic acids is 1. The minimum Gasteiger partial charge on any atom is -0.280 e. The van der Waals surface area contributed by atoms with Crippen molar-refractivity contribution in [3.63, 3.8) is 0 Å². The lowest BCUT2D eigenvalue weighted by atomic mass is 10.2. The first-order chi connectivity index (χ1) is 13.2. The van der Waals surface area contributed by atoms with Gasteiger partial charge >= 0.3 is 0 Å². The van der Waals surface area contributed by atoms with Gasteiger partial charge in [-0.25, -0.2) is 4.98 Å². The maximum absolute atomic E-state index is 13.0. The first kappa shape index (κ1) is 17.6. The Labute approximate surface area is 166 Å². The van der Waals surface area contributed by atoms with E-state index in [1.165, 1.54) is 5.56 Å². The summed E-state index contributed by atoms with van der Waals surface area (Å²) < 4.78 is 1.10. The number of benzene rings is 2. The number of aromatic nitrogens is 1. The molecule has 0 aliphatic heterocycles. The fourth-order valence-corrected chi connectivity index (χ4v) is 4.46. The fraction of sp³-hybridized carbons (Fsp3) is 0.0909. The highest BCUT2D eigenvalue weighted by Gasteiger charge is 2.18. The van der Waals surface area contributed by atoms with Crippen LogP contribution in [0.15, 0.2) is 72.1 Å². The van der Waals surface area contributed by atoms with Crippen molar-refractivity contribution in [3.05, 3.63) is 88.1 Å². The zero-order valence-electron chi connectivity index (χ0n) is 14.8. The highest BCUT2D eigenvalue weighted by molar-refractivity contribution is 7.22. The van der Waals surface area contributed by atoms with Crippen molar-refractivity contribution in [1.29, 1.82) is 0 Å². The Bertz CT molecular complexity index is 1080. The van der Waals surface area contributed by atoms with Crippen molar-refractivity contribution in [2.24, 2.45) is 0 Å². The largest absolute Gasteiger partial charge is 0.280 e. The molecule has 0 aliphatic carbocycles. The Balaban J connectivity index is 1.68. The minimum atomic E-state index is -0.0666. The monoisotopic (exact) mass is 390 g/mol. The third kappa shape index (κ3) is 4.15. The molecule has 0 aliphatic rings. The van der Waals surface area contributed by atoms with Gasteiger partial charge in [0, 0.05) is 11.0 Å². The maximum Gasteiger partial charge on any atom is 0.253 e. The summed E-state index contributed by atoms with van der Waals surface area (Å²) in [6.45, 7) is 2.56. The molecule has 3 nitrogen and oxygen atoms in total. The average Bonchev–Trinajstić information content (AvgIpc) is 3.34. The number of hydrogen-bond acceptors (Lipinski definition) is 4. The summed E-state index contributed by atoms with van der Waals surface area (Å²) in [4.78, 5) is 20.5. The SMILES string of the molecule is Cc1ccc2nc(N(Cc3ccccc3)C(=O)/C=C/c3cccs3)sc2c1. The van der Waals surface area contributed by atoms with Gasteiger partial charge in [0.15, 0.2) is 5.13 Å². The van der Waals surface area contributed by atoms with Crippen molar-refractivity contribution in [1.82, 2.24) is 4.98 Å². The maximum atomic E-state index is 13.0. The van der Waals surface area contributed by atoms with Crippen LogP contribution in [-0.4, -0.2) is 10.9 Å². The van der Waals surface area contributed by atoms with Crippen LogP contribution >= 0.6 is 22.7 Å². The quantitative estimate of drug-likeness (QED) is 0.397. The number of anilines is 1. The van der Waals surface area contributed by atoms with Gasteiger partial charge in [0.25, 0.3) is 5.91 Å². The number of amides is 1. The Morgan fingerprint density at radius 3 is 2.74 bits per heavy atom. The van der Waals surface area contributed by atoms with Crippen LogP contribution in [0.4, 0.5) is 5.13 Å². The first-order valence-corrected chi connectivity index (χ1v) is 10.3. The van der Waals surface area contributed by atoms with E-state index in [1.54, 1.807) is 33.6 Å². The molecule has 2 heterocycles. The molecular formula is C22H18N2OS2. The molecule has 27 heavy (non-hydrogen) atoms. The fourth-order valence-electron chi connectivity index (χ4n) is 2.77. The van der Waals surface area contributed by atoms with E-state index < -0.39 is 0 Å². The average molecular weight is 391 g/mol. The molecule has 0 radical (unpaired) electrons. The van der Waals surface area contributed by atoms with Crippen LogP contribution in [-0.2, 0) is 11.3 Å². The Morgan fingerprint density at radius 1 is 1.11 bits per heavy atom. The first-order valence-electron chi connectivity index (χ1n) is 8.63. The van der Waals surface area contributed by atoms with E-state index in [0.29, 0.717) is 6.54 Å². The summed E-state index contributed by atoms with van der Waals surface area (Å²) in [5, 5.41) is 2.72. The molecule has 4 rings (SSSR count). The van der Waals surface area contributed by atoms with E-state index in [1.807, 2.05) is 66.1 Å². The minimum absolute atomic E-state index is 0.0666. The van der Waals surface area contributed by atoms with Crippen molar-refractivity contribution >= 4 is 50.0 Å². The molecule has 0 saturated heterocycles. The van der Waals surface area contributed by atoms with Gasteiger partial charge in [0.05, 0.1) is 16.8 Å². The number of hydrogen-bond donors (Lipinski definition) is 0. The predicted molar refractivity (Wildman–Crippen MR) is 115 cm³/mol. The molecule has 1 amide bonds. The number of aryl methyl sites for hydroxylation is 1. The van der Waals surface area contributed by atoms with E-state index in [-0.39, 0.29) is 5.91 Å². The van der Waals surface area contributed by atoms with Gasteiger partial charge in [-0.05, 0) is 47.7 Å². The van der Waals surface area contributed by atoms with Gasteiger partial charge in [-0.1, -0.05) is 53.8 Å². The molecule has 0 atom stereocenters. The summed E-state index contributed by atoms with van der Waals surface area (Å²) in [5.41, 5.74) is 3.19. The standard InChI is InChI=1S/C22H18N2OS2/c1-16-9-11-19-20(14-16)27-22(23-19)24(15-17-6-3-2-4-7-17)21(25)12-10-18-8-5-13-26-18/h2-14H,15H2,1H3/b12-10+. The van der Waals surface area contributed by atoms with Gasteiger partial charge in [-0.2, -0.15) is 0 Å². The van der Waals surface area contributed by atoms with Crippen LogP contribution in [0.2, 0.25) is 0 Å². The summed E-state index contributed by atoms with van der Waals surface area (Å²) >= 11 is 3.16. The molecule has 0 saturated carbocycles. The van der Waals surface area contributed by atoms with E-state index >= 15 is 0 Å². The van der Waals surface area contributed by atoms with Gasteiger partial charge in [0.2, 0.25) is 0 Å². The number of rotatable bonds is 5. The second-order valence-corrected chi connectivity index (χ2v) is 8.21. The van der Waals surface area contributed by atoms with Gasteiger partial charge in [0.1, 0.15) is 0 Å². The van der Waals surface area contributed by atoms with Gasteiger partial charge < -0.3 is 0 Å². The Kier molecular flexibility index (Phi) is 5.14. The summed E-state index contributed by atoms with van der Waals surface area (Å²) in [6, 6.07) is 20.2. The summed E-state index contributed by atoms with van der Waals surface area (Å²) in [5.74, 6) is -0.0666. The Morgan fingerprint density at radius 2 is 1.96 bits per heavy atom. The topological polar surface area (TPSA) is 33.2 Å². The number of thiazole rings is 1. The molecule has 0 N–H and O–H groups in total. The molecule has 4 aromatic rings. The van der Waals surface area contributed by atoms with Crippen LogP contribution in [0.1, 0.15) is 16.0 Å². The molecule has 134 valence electrons. The molecule has 5 heteroatoms. The van der Waals surface area contributed by atoms with E-state index in [2.05, 4.69) is 13.0 Å². The van der Waals surface area contributed by atoms with Crippen molar-refractivity contribution in [2.75, 3.05) is 4.90 Å². The lowest BCUT2D eigenvalue weighted by Gasteiger charge is -2.18. The molecule has 0 bridgehead atoms. The zero-order valence-corrected chi connectivity index (χ0v) is 16.5. The predicted octanol–water partition coefficient (Wildman–Crippen LogP) is 5.91.